The highest BCUT2D eigenvalue weighted by Gasteiger charge is 2.09. The zero-order valence-electron chi connectivity index (χ0n) is 13.8. The van der Waals surface area contributed by atoms with Gasteiger partial charge in [0.2, 0.25) is 5.91 Å². The van der Waals surface area contributed by atoms with Gasteiger partial charge in [0.15, 0.2) is 18.2 Å². The van der Waals surface area contributed by atoms with E-state index in [-0.39, 0.29) is 18.1 Å². The van der Waals surface area contributed by atoms with Crippen molar-refractivity contribution in [1.82, 2.24) is 10.9 Å². The smallest absolute Gasteiger partial charge is 0.276 e. The van der Waals surface area contributed by atoms with Gasteiger partial charge in [0.05, 0.1) is 7.11 Å². The molecule has 0 saturated heterocycles. The first-order valence-corrected chi connectivity index (χ1v) is 7.67. The number of hydrogen-bond donors (Lipinski definition) is 2. The Balaban J connectivity index is 1.71. The minimum Gasteiger partial charge on any atom is -0.496 e. The molecule has 2 amide bonds. The molecule has 0 atom stereocenters. The summed E-state index contributed by atoms with van der Waals surface area (Å²) in [7, 11) is 1.56. The number of methoxy groups -OCH3 is 1. The molecule has 2 aromatic carbocycles. The van der Waals surface area contributed by atoms with Crippen LogP contribution in [0.4, 0.5) is 4.39 Å². The van der Waals surface area contributed by atoms with E-state index < -0.39 is 18.3 Å². The molecule has 0 aliphatic rings. The molecule has 0 unspecified atom stereocenters. The van der Waals surface area contributed by atoms with Crippen LogP contribution in [0.25, 0.3) is 0 Å². The van der Waals surface area contributed by atoms with Crippen LogP contribution in [0.3, 0.4) is 0 Å². The summed E-state index contributed by atoms with van der Waals surface area (Å²) in [5, 5.41) is 0. The predicted molar refractivity (Wildman–Crippen MR) is 89.5 cm³/mol. The summed E-state index contributed by atoms with van der Waals surface area (Å²) >= 11 is 0. The van der Waals surface area contributed by atoms with Crippen molar-refractivity contribution in [3.05, 3.63) is 59.9 Å². The number of ether oxygens (including phenoxy) is 2. The third kappa shape index (κ3) is 5.80. The average molecular weight is 346 g/mol. The number of benzene rings is 2. The van der Waals surface area contributed by atoms with Crippen molar-refractivity contribution < 1.29 is 23.5 Å². The van der Waals surface area contributed by atoms with E-state index in [9.17, 15) is 14.0 Å². The lowest BCUT2D eigenvalue weighted by atomic mass is 10.1. The number of para-hydroxylation sites is 2. The molecule has 6 nitrogen and oxygen atoms in total. The van der Waals surface area contributed by atoms with Crippen molar-refractivity contribution in [1.29, 1.82) is 0 Å². The highest BCUT2D eigenvalue weighted by molar-refractivity contribution is 5.82. The number of hydrazine groups is 1. The minimum atomic E-state index is -0.589. The van der Waals surface area contributed by atoms with Gasteiger partial charge in [0, 0.05) is 6.42 Å². The Kier molecular flexibility index (Phi) is 6.76. The van der Waals surface area contributed by atoms with Crippen LogP contribution in [0, 0.1) is 5.82 Å². The van der Waals surface area contributed by atoms with Crippen LogP contribution in [-0.4, -0.2) is 25.5 Å². The molecule has 0 spiro atoms. The molecule has 7 heteroatoms. The van der Waals surface area contributed by atoms with Gasteiger partial charge in [-0.15, -0.1) is 0 Å². The summed E-state index contributed by atoms with van der Waals surface area (Å²) in [5.74, 6) is -0.826. The number of carbonyl (C=O) groups excluding carboxylic acids is 2. The third-order valence-electron chi connectivity index (χ3n) is 3.35. The van der Waals surface area contributed by atoms with Crippen LogP contribution in [0.15, 0.2) is 48.5 Å². The van der Waals surface area contributed by atoms with Gasteiger partial charge in [-0.05, 0) is 30.2 Å². The molecule has 2 rings (SSSR count). The number of carbonyl (C=O) groups is 2. The monoisotopic (exact) mass is 346 g/mol. The van der Waals surface area contributed by atoms with Crippen LogP contribution >= 0.6 is 0 Å². The van der Waals surface area contributed by atoms with E-state index in [1.165, 1.54) is 18.2 Å². The second kappa shape index (κ2) is 9.27. The van der Waals surface area contributed by atoms with Crippen molar-refractivity contribution >= 4 is 11.8 Å². The molecule has 0 aliphatic heterocycles. The van der Waals surface area contributed by atoms with Crippen LogP contribution in [-0.2, 0) is 16.0 Å². The lowest BCUT2D eigenvalue weighted by molar-refractivity contribution is -0.130. The van der Waals surface area contributed by atoms with E-state index in [0.717, 1.165) is 5.56 Å². The van der Waals surface area contributed by atoms with Crippen molar-refractivity contribution in [2.45, 2.75) is 12.8 Å². The topological polar surface area (TPSA) is 76.7 Å². The zero-order chi connectivity index (χ0) is 18.1. The molecule has 2 N–H and O–H groups in total. The molecular weight excluding hydrogens is 327 g/mol. The van der Waals surface area contributed by atoms with Crippen molar-refractivity contribution in [2.24, 2.45) is 0 Å². The second-order valence-corrected chi connectivity index (χ2v) is 5.13. The maximum Gasteiger partial charge on any atom is 0.276 e. The normalized spacial score (nSPS) is 10.0. The number of aryl methyl sites for hydroxylation is 1. The number of rotatable bonds is 7. The minimum absolute atomic E-state index is 0.0276. The number of halogens is 1. The lowest BCUT2D eigenvalue weighted by Gasteiger charge is -2.10. The Hall–Kier alpha value is -3.09. The van der Waals surface area contributed by atoms with E-state index in [4.69, 9.17) is 9.47 Å². The van der Waals surface area contributed by atoms with E-state index in [1.54, 1.807) is 13.2 Å². The number of amides is 2. The Morgan fingerprint density at radius 1 is 0.960 bits per heavy atom. The van der Waals surface area contributed by atoms with E-state index in [1.807, 2.05) is 24.3 Å². The van der Waals surface area contributed by atoms with Gasteiger partial charge in [0.1, 0.15) is 5.75 Å². The lowest BCUT2D eigenvalue weighted by Crippen LogP contribution is -2.43. The summed E-state index contributed by atoms with van der Waals surface area (Å²) < 4.78 is 23.6. The van der Waals surface area contributed by atoms with Crippen molar-refractivity contribution in [2.75, 3.05) is 13.7 Å². The highest BCUT2D eigenvalue weighted by Crippen LogP contribution is 2.18. The standard InChI is InChI=1S/C18H19FN2O4/c1-24-15-8-4-2-6-13(15)10-11-17(22)20-21-18(23)12-25-16-9-5-3-7-14(16)19/h2-9H,10-12H2,1H3,(H,20,22)(H,21,23). The van der Waals surface area contributed by atoms with Gasteiger partial charge in [0.25, 0.3) is 5.91 Å². The molecular formula is C18H19FN2O4. The highest BCUT2D eigenvalue weighted by atomic mass is 19.1. The molecule has 0 radical (unpaired) electrons. The summed E-state index contributed by atoms with van der Waals surface area (Å²) in [6, 6.07) is 13.1. The Labute approximate surface area is 144 Å². The molecule has 0 fully saturated rings. The van der Waals surface area contributed by atoms with E-state index in [2.05, 4.69) is 10.9 Å². The predicted octanol–water partition coefficient (Wildman–Crippen LogP) is 1.99. The fourth-order valence-corrected chi connectivity index (χ4v) is 2.10. The Morgan fingerprint density at radius 3 is 2.32 bits per heavy atom. The number of hydrogen-bond acceptors (Lipinski definition) is 4. The fourth-order valence-electron chi connectivity index (χ4n) is 2.10. The van der Waals surface area contributed by atoms with E-state index in [0.29, 0.717) is 12.2 Å². The number of nitrogens with one attached hydrogen (secondary N) is 2. The zero-order valence-corrected chi connectivity index (χ0v) is 13.8. The van der Waals surface area contributed by atoms with Gasteiger partial charge in [-0.2, -0.15) is 0 Å². The fraction of sp³-hybridized carbons (Fsp3) is 0.222. The Morgan fingerprint density at radius 2 is 1.60 bits per heavy atom. The first-order chi connectivity index (χ1) is 12.1. The van der Waals surface area contributed by atoms with Gasteiger partial charge < -0.3 is 9.47 Å². The molecule has 0 aromatic heterocycles. The maximum absolute atomic E-state index is 13.3. The first kappa shape index (κ1) is 18.3. The van der Waals surface area contributed by atoms with Gasteiger partial charge in [-0.3, -0.25) is 20.4 Å². The summed E-state index contributed by atoms with van der Waals surface area (Å²) in [4.78, 5) is 23.4. The molecule has 25 heavy (non-hydrogen) atoms. The first-order valence-electron chi connectivity index (χ1n) is 7.67. The molecule has 2 aromatic rings. The van der Waals surface area contributed by atoms with Gasteiger partial charge in [-0.25, -0.2) is 4.39 Å². The van der Waals surface area contributed by atoms with Crippen LogP contribution in [0.1, 0.15) is 12.0 Å². The van der Waals surface area contributed by atoms with Gasteiger partial charge >= 0.3 is 0 Å². The van der Waals surface area contributed by atoms with Crippen LogP contribution in [0.5, 0.6) is 11.5 Å². The average Bonchev–Trinajstić information content (AvgIpc) is 2.64. The van der Waals surface area contributed by atoms with Crippen LogP contribution in [0.2, 0.25) is 0 Å². The Bertz CT molecular complexity index is 737. The molecule has 132 valence electrons. The molecule has 0 heterocycles. The molecule has 0 aliphatic carbocycles. The maximum atomic E-state index is 13.3. The second-order valence-electron chi connectivity index (χ2n) is 5.13. The van der Waals surface area contributed by atoms with Crippen molar-refractivity contribution in [3.63, 3.8) is 0 Å². The summed E-state index contributed by atoms with van der Waals surface area (Å²) in [6.07, 6.45) is 0.645. The SMILES string of the molecule is COc1ccccc1CCC(=O)NNC(=O)COc1ccccc1F. The van der Waals surface area contributed by atoms with E-state index >= 15 is 0 Å². The summed E-state index contributed by atoms with van der Waals surface area (Å²) in [5.41, 5.74) is 5.41. The molecule has 0 saturated carbocycles. The summed E-state index contributed by atoms with van der Waals surface area (Å²) in [6.45, 7) is -0.409. The molecule has 0 bridgehead atoms. The van der Waals surface area contributed by atoms with Gasteiger partial charge in [-0.1, -0.05) is 30.3 Å². The third-order valence-corrected chi connectivity index (χ3v) is 3.35. The largest absolute Gasteiger partial charge is 0.496 e. The van der Waals surface area contributed by atoms with Crippen molar-refractivity contribution in [3.8, 4) is 11.5 Å². The quantitative estimate of drug-likeness (QED) is 0.752. The van der Waals surface area contributed by atoms with Crippen LogP contribution < -0.4 is 20.3 Å².